The van der Waals surface area contributed by atoms with Gasteiger partial charge in [0.25, 0.3) is 0 Å². The Bertz CT molecular complexity index is 378. The molecule has 1 saturated heterocycles. The first-order valence-corrected chi connectivity index (χ1v) is 7.45. The van der Waals surface area contributed by atoms with Gasteiger partial charge in [0.05, 0.1) is 31.3 Å². The molecular formula is C14H26ClN3O3. The number of ether oxygens (including phenoxy) is 1. The van der Waals surface area contributed by atoms with Crippen LogP contribution in [0.1, 0.15) is 33.1 Å². The van der Waals surface area contributed by atoms with E-state index in [9.17, 15) is 9.59 Å². The van der Waals surface area contributed by atoms with E-state index in [2.05, 4.69) is 5.32 Å². The molecule has 7 heteroatoms. The Balaban J connectivity index is 0.00000220. The number of carbonyl (C=O) groups is 2. The summed E-state index contributed by atoms with van der Waals surface area (Å²) in [7, 11) is 0. The van der Waals surface area contributed by atoms with Gasteiger partial charge in [-0.05, 0) is 25.2 Å². The summed E-state index contributed by atoms with van der Waals surface area (Å²) in [6.45, 7) is 5.01. The fraction of sp³-hybridized carbons (Fsp3) is 0.857. The summed E-state index contributed by atoms with van der Waals surface area (Å²) in [5.74, 6) is -0.230. The van der Waals surface area contributed by atoms with E-state index in [0.29, 0.717) is 13.2 Å². The molecule has 0 aromatic carbocycles. The van der Waals surface area contributed by atoms with Crippen molar-refractivity contribution >= 4 is 24.2 Å². The number of fused-ring (bicyclic) bond motifs is 1. The smallest absolute Gasteiger partial charge is 0.242 e. The van der Waals surface area contributed by atoms with Crippen LogP contribution in [0.4, 0.5) is 0 Å². The Morgan fingerprint density at radius 1 is 1.38 bits per heavy atom. The molecule has 0 bridgehead atoms. The molecule has 0 aromatic rings. The minimum atomic E-state index is -0.563. The van der Waals surface area contributed by atoms with Crippen LogP contribution >= 0.6 is 12.4 Å². The molecule has 1 saturated carbocycles. The summed E-state index contributed by atoms with van der Waals surface area (Å²) in [5.41, 5.74) is 5.75. The largest absolute Gasteiger partial charge is 0.374 e. The minimum absolute atomic E-state index is 0. The van der Waals surface area contributed by atoms with E-state index in [0.717, 1.165) is 19.3 Å². The molecule has 122 valence electrons. The number of carbonyl (C=O) groups excluding carboxylic acids is 2. The average molecular weight is 320 g/mol. The maximum Gasteiger partial charge on any atom is 0.242 e. The van der Waals surface area contributed by atoms with E-state index in [1.807, 2.05) is 18.7 Å². The Labute approximate surface area is 132 Å². The highest BCUT2D eigenvalue weighted by atomic mass is 35.5. The molecule has 2 amide bonds. The van der Waals surface area contributed by atoms with E-state index < -0.39 is 6.04 Å². The van der Waals surface area contributed by atoms with Gasteiger partial charge < -0.3 is 20.7 Å². The van der Waals surface area contributed by atoms with Crippen molar-refractivity contribution in [1.82, 2.24) is 10.2 Å². The standard InChI is InChI=1S/C14H25N3O3.ClH/c1-9(2)13(15)14(19)16-8-12(18)17-6-7-20-11-5-3-4-10(11)17;/h9-11,13H,3-8,15H2,1-2H3,(H,16,19);1H/t10?,11?,13-;/m0./s1. The molecule has 2 rings (SSSR count). The number of hydrogen-bond acceptors (Lipinski definition) is 4. The van der Waals surface area contributed by atoms with Crippen molar-refractivity contribution < 1.29 is 14.3 Å². The lowest BCUT2D eigenvalue weighted by atomic mass is 10.1. The van der Waals surface area contributed by atoms with Gasteiger partial charge in [-0.3, -0.25) is 9.59 Å². The third kappa shape index (κ3) is 4.31. The van der Waals surface area contributed by atoms with Gasteiger partial charge in [-0.15, -0.1) is 12.4 Å². The normalized spacial score (nSPS) is 26.0. The number of nitrogens with zero attached hydrogens (tertiary/aromatic N) is 1. The molecule has 21 heavy (non-hydrogen) atoms. The zero-order chi connectivity index (χ0) is 14.7. The highest BCUT2D eigenvalue weighted by Gasteiger charge is 2.38. The van der Waals surface area contributed by atoms with Crippen LogP contribution in [0.25, 0.3) is 0 Å². The number of rotatable bonds is 4. The molecule has 0 aromatic heterocycles. The number of amides is 2. The second-order valence-electron chi connectivity index (χ2n) is 5.98. The predicted molar refractivity (Wildman–Crippen MR) is 82.2 cm³/mol. The topological polar surface area (TPSA) is 84.7 Å². The van der Waals surface area contributed by atoms with Crippen molar-refractivity contribution in [3.63, 3.8) is 0 Å². The lowest BCUT2D eigenvalue weighted by Crippen LogP contribution is -2.55. The molecule has 6 nitrogen and oxygen atoms in total. The van der Waals surface area contributed by atoms with Crippen molar-refractivity contribution in [2.75, 3.05) is 19.7 Å². The minimum Gasteiger partial charge on any atom is -0.374 e. The molecule has 0 radical (unpaired) electrons. The number of hydrogen-bond donors (Lipinski definition) is 2. The van der Waals surface area contributed by atoms with Crippen molar-refractivity contribution in [3.05, 3.63) is 0 Å². The first-order chi connectivity index (χ1) is 9.50. The molecule has 3 atom stereocenters. The van der Waals surface area contributed by atoms with Crippen molar-refractivity contribution in [1.29, 1.82) is 0 Å². The van der Waals surface area contributed by atoms with E-state index in [4.69, 9.17) is 10.5 Å². The summed E-state index contributed by atoms with van der Waals surface area (Å²) in [6.07, 6.45) is 3.31. The number of halogens is 1. The summed E-state index contributed by atoms with van der Waals surface area (Å²) >= 11 is 0. The molecule has 2 aliphatic rings. The molecule has 2 unspecified atom stereocenters. The lowest BCUT2D eigenvalue weighted by Gasteiger charge is -2.37. The van der Waals surface area contributed by atoms with Gasteiger partial charge in [-0.2, -0.15) is 0 Å². The summed E-state index contributed by atoms with van der Waals surface area (Å²) in [6, 6.07) is -0.376. The maximum atomic E-state index is 12.3. The van der Waals surface area contributed by atoms with Gasteiger partial charge in [0.2, 0.25) is 11.8 Å². The third-order valence-electron chi connectivity index (χ3n) is 4.24. The molecule has 1 heterocycles. The van der Waals surface area contributed by atoms with Crippen molar-refractivity contribution in [2.45, 2.75) is 51.3 Å². The lowest BCUT2D eigenvalue weighted by molar-refractivity contribution is -0.144. The van der Waals surface area contributed by atoms with Crippen LogP contribution in [0.3, 0.4) is 0 Å². The van der Waals surface area contributed by atoms with Crippen LogP contribution < -0.4 is 11.1 Å². The molecule has 2 fully saturated rings. The first kappa shape index (κ1) is 18.2. The van der Waals surface area contributed by atoms with Crippen LogP contribution in [0.2, 0.25) is 0 Å². The van der Waals surface area contributed by atoms with Gasteiger partial charge >= 0.3 is 0 Å². The average Bonchev–Trinajstić information content (AvgIpc) is 2.91. The first-order valence-electron chi connectivity index (χ1n) is 7.45. The predicted octanol–water partition coefficient (Wildman–Crippen LogP) is 0.288. The van der Waals surface area contributed by atoms with Crippen molar-refractivity contribution in [2.24, 2.45) is 11.7 Å². The van der Waals surface area contributed by atoms with E-state index in [1.54, 1.807) is 0 Å². The number of nitrogens with one attached hydrogen (secondary N) is 1. The summed E-state index contributed by atoms with van der Waals surface area (Å²) < 4.78 is 5.68. The Morgan fingerprint density at radius 2 is 2.10 bits per heavy atom. The van der Waals surface area contributed by atoms with Crippen LogP contribution in [0.5, 0.6) is 0 Å². The highest BCUT2D eigenvalue weighted by molar-refractivity contribution is 5.87. The Morgan fingerprint density at radius 3 is 2.76 bits per heavy atom. The molecule has 0 spiro atoms. The Hall–Kier alpha value is -0.850. The zero-order valence-corrected chi connectivity index (χ0v) is 13.5. The fourth-order valence-electron chi connectivity index (χ4n) is 2.92. The fourth-order valence-corrected chi connectivity index (χ4v) is 2.92. The quantitative estimate of drug-likeness (QED) is 0.780. The summed E-state index contributed by atoms with van der Waals surface area (Å²) in [4.78, 5) is 25.9. The Kier molecular flexibility index (Phi) is 6.90. The second kappa shape index (κ2) is 7.96. The second-order valence-corrected chi connectivity index (χ2v) is 5.98. The summed E-state index contributed by atoms with van der Waals surface area (Å²) in [5, 5.41) is 2.64. The van der Waals surface area contributed by atoms with Gasteiger partial charge in [-0.1, -0.05) is 13.8 Å². The van der Waals surface area contributed by atoms with Crippen LogP contribution in [0, 0.1) is 5.92 Å². The van der Waals surface area contributed by atoms with Crippen LogP contribution in [0.15, 0.2) is 0 Å². The number of nitrogens with two attached hydrogens (primary N) is 1. The third-order valence-corrected chi connectivity index (χ3v) is 4.24. The van der Waals surface area contributed by atoms with E-state index in [-0.39, 0.29) is 48.8 Å². The van der Waals surface area contributed by atoms with Gasteiger partial charge in [0.1, 0.15) is 0 Å². The highest BCUT2D eigenvalue weighted by Crippen LogP contribution is 2.29. The monoisotopic (exact) mass is 319 g/mol. The SMILES string of the molecule is CC(C)[C@H](N)C(=O)NCC(=O)N1CCOC2CCCC21.Cl. The maximum absolute atomic E-state index is 12.3. The van der Waals surface area contributed by atoms with Gasteiger partial charge in [0, 0.05) is 6.54 Å². The van der Waals surface area contributed by atoms with Gasteiger partial charge in [-0.25, -0.2) is 0 Å². The van der Waals surface area contributed by atoms with Gasteiger partial charge in [0.15, 0.2) is 0 Å². The van der Waals surface area contributed by atoms with Crippen LogP contribution in [-0.2, 0) is 14.3 Å². The number of morpholine rings is 1. The molecular weight excluding hydrogens is 294 g/mol. The molecule has 3 N–H and O–H groups in total. The van der Waals surface area contributed by atoms with Crippen LogP contribution in [-0.4, -0.2) is 54.6 Å². The molecule has 1 aliphatic heterocycles. The zero-order valence-electron chi connectivity index (χ0n) is 12.7. The van der Waals surface area contributed by atoms with E-state index in [1.165, 1.54) is 0 Å². The van der Waals surface area contributed by atoms with E-state index >= 15 is 0 Å². The van der Waals surface area contributed by atoms with Crippen molar-refractivity contribution in [3.8, 4) is 0 Å². The molecule has 1 aliphatic carbocycles.